The highest BCUT2D eigenvalue weighted by molar-refractivity contribution is 5.94. The summed E-state index contributed by atoms with van der Waals surface area (Å²) in [6, 6.07) is 25.3. The molecule has 1 heterocycles. The second kappa shape index (κ2) is 8.61. The number of anilines is 1. The lowest BCUT2D eigenvalue weighted by atomic mass is 10.1. The fourth-order valence-electron chi connectivity index (χ4n) is 3.14. The number of benzene rings is 3. The van der Waals surface area contributed by atoms with Gasteiger partial charge in [0.1, 0.15) is 12.1 Å². The molecule has 0 spiro atoms. The average molecular weight is 398 g/mol. The number of nitrogens with zero attached hydrogens (tertiary/aromatic N) is 3. The van der Waals surface area contributed by atoms with E-state index in [0.717, 1.165) is 22.5 Å². The maximum Gasteiger partial charge on any atom is 0.265 e. The van der Waals surface area contributed by atoms with Gasteiger partial charge in [-0.1, -0.05) is 54.6 Å². The molecule has 3 aromatic carbocycles. The first-order valence-electron chi connectivity index (χ1n) is 9.67. The number of aryl methyl sites for hydroxylation is 1. The van der Waals surface area contributed by atoms with E-state index in [2.05, 4.69) is 27.6 Å². The summed E-state index contributed by atoms with van der Waals surface area (Å²) in [5.41, 5.74) is 3.78. The van der Waals surface area contributed by atoms with Gasteiger partial charge in [0.25, 0.3) is 5.91 Å². The molecule has 150 valence electrons. The van der Waals surface area contributed by atoms with Gasteiger partial charge in [-0.15, -0.1) is 10.2 Å². The first kappa shape index (κ1) is 19.4. The molecule has 0 radical (unpaired) electrons. The lowest BCUT2D eigenvalue weighted by Crippen LogP contribution is -2.30. The van der Waals surface area contributed by atoms with Crippen molar-refractivity contribution in [3.05, 3.63) is 85.2 Å². The molecule has 1 amide bonds. The monoisotopic (exact) mass is 398 g/mol. The Hall–Kier alpha value is -3.93. The van der Waals surface area contributed by atoms with Crippen LogP contribution in [0.3, 0.4) is 0 Å². The molecule has 4 aromatic rings. The van der Waals surface area contributed by atoms with Gasteiger partial charge in [-0.05, 0) is 42.3 Å². The fraction of sp³-hybridized carbons (Fsp3) is 0.125. The van der Waals surface area contributed by atoms with Crippen molar-refractivity contribution in [1.29, 1.82) is 0 Å². The summed E-state index contributed by atoms with van der Waals surface area (Å²) in [5.74, 6) is 1.15. The third kappa shape index (κ3) is 4.38. The third-order valence-corrected chi connectivity index (χ3v) is 4.74. The normalized spacial score (nSPS) is 11.7. The molecule has 0 aliphatic carbocycles. The van der Waals surface area contributed by atoms with Crippen molar-refractivity contribution in [2.45, 2.75) is 13.0 Å². The smallest absolute Gasteiger partial charge is 0.265 e. The zero-order valence-electron chi connectivity index (χ0n) is 16.8. The van der Waals surface area contributed by atoms with Crippen molar-refractivity contribution in [1.82, 2.24) is 14.8 Å². The molecule has 4 rings (SSSR count). The summed E-state index contributed by atoms with van der Waals surface area (Å²) in [7, 11) is 1.87. The molecule has 0 aliphatic heterocycles. The molecule has 0 aliphatic rings. The Kier molecular flexibility index (Phi) is 5.57. The fourth-order valence-corrected chi connectivity index (χ4v) is 3.14. The molecule has 0 saturated carbocycles. The number of nitrogens with one attached hydrogen (secondary N) is 1. The molecule has 1 unspecified atom stereocenters. The van der Waals surface area contributed by atoms with Gasteiger partial charge in [0.05, 0.1) is 0 Å². The minimum absolute atomic E-state index is 0.225. The van der Waals surface area contributed by atoms with Crippen LogP contribution in [0, 0.1) is 0 Å². The van der Waals surface area contributed by atoms with Gasteiger partial charge < -0.3 is 14.6 Å². The van der Waals surface area contributed by atoms with Gasteiger partial charge in [0.2, 0.25) is 0 Å². The zero-order chi connectivity index (χ0) is 20.9. The quantitative estimate of drug-likeness (QED) is 0.517. The van der Waals surface area contributed by atoms with Gasteiger partial charge >= 0.3 is 0 Å². The van der Waals surface area contributed by atoms with Gasteiger partial charge in [-0.3, -0.25) is 4.79 Å². The van der Waals surface area contributed by atoms with Crippen LogP contribution in [0.4, 0.5) is 5.69 Å². The summed E-state index contributed by atoms with van der Waals surface area (Å²) in [6.45, 7) is 1.73. The Morgan fingerprint density at radius 2 is 1.63 bits per heavy atom. The molecular weight excluding hydrogens is 376 g/mol. The summed E-state index contributed by atoms with van der Waals surface area (Å²) in [5, 5.41) is 10.9. The van der Waals surface area contributed by atoms with E-state index >= 15 is 0 Å². The maximum atomic E-state index is 12.6. The SMILES string of the molecule is CC(Oc1ccc(-c2ccccc2)cc1)C(=O)Nc1cccc(-c2nncn2C)c1. The number of aromatic nitrogens is 3. The minimum atomic E-state index is -0.647. The summed E-state index contributed by atoms with van der Waals surface area (Å²) >= 11 is 0. The van der Waals surface area contributed by atoms with Crippen molar-refractivity contribution in [3.63, 3.8) is 0 Å². The predicted octanol–water partition coefficient (Wildman–Crippen LogP) is 4.56. The van der Waals surface area contributed by atoms with E-state index in [1.165, 1.54) is 0 Å². The van der Waals surface area contributed by atoms with E-state index in [0.29, 0.717) is 11.4 Å². The van der Waals surface area contributed by atoms with Crippen LogP contribution in [0.2, 0.25) is 0 Å². The summed E-state index contributed by atoms with van der Waals surface area (Å²) in [4.78, 5) is 12.6. The number of hydrogen-bond donors (Lipinski definition) is 1. The van der Waals surface area contributed by atoms with Crippen LogP contribution in [0.1, 0.15) is 6.92 Å². The lowest BCUT2D eigenvalue weighted by molar-refractivity contribution is -0.122. The van der Waals surface area contributed by atoms with Crippen molar-refractivity contribution in [2.24, 2.45) is 7.05 Å². The molecule has 6 nitrogen and oxygen atoms in total. The van der Waals surface area contributed by atoms with Crippen molar-refractivity contribution < 1.29 is 9.53 Å². The molecule has 0 bridgehead atoms. The first-order chi connectivity index (χ1) is 14.6. The van der Waals surface area contributed by atoms with E-state index in [1.807, 2.05) is 78.3 Å². The number of carbonyl (C=O) groups excluding carboxylic acids is 1. The van der Waals surface area contributed by atoms with E-state index in [4.69, 9.17) is 4.74 Å². The molecule has 30 heavy (non-hydrogen) atoms. The molecule has 0 fully saturated rings. The van der Waals surface area contributed by atoms with Gasteiger partial charge in [-0.25, -0.2) is 0 Å². The lowest BCUT2D eigenvalue weighted by Gasteiger charge is -2.15. The van der Waals surface area contributed by atoms with Crippen LogP contribution in [0.5, 0.6) is 5.75 Å². The van der Waals surface area contributed by atoms with Crippen LogP contribution in [0.25, 0.3) is 22.5 Å². The molecule has 1 N–H and O–H groups in total. The molecule has 0 saturated heterocycles. The second-order valence-corrected chi connectivity index (χ2v) is 6.99. The Morgan fingerprint density at radius 3 is 2.33 bits per heavy atom. The van der Waals surface area contributed by atoms with Gasteiger partial charge in [0.15, 0.2) is 11.9 Å². The van der Waals surface area contributed by atoms with Gasteiger partial charge in [0, 0.05) is 18.3 Å². The van der Waals surface area contributed by atoms with Crippen LogP contribution >= 0.6 is 0 Å². The Labute approximate surface area is 175 Å². The van der Waals surface area contributed by atoms with E-state index < -0.39 is 6.10 Å². The number of amides is 1. The van der Waals surface area contributed by atoms with Crippen molar-refractivity contribution in [2.75, 3.05) is 5.32 Å². The van der Waals surface area contributed by atoms with E-state index in [1.54, 1.807) is 13.3 Å². The highest BCUT2D eigenvalue weighted by Crippen LogP contribution is 2.23. The molecular formula is C24H22N4O2. The second-order valence-electron chi connectivity index (χ2n) is 6.99. The van der Waals surface area contributed by atoms with Crippen LogP contribution in [-0.4, -0.2) is 26.8 Å². The summed E-state index contributed by atoms with van der Waals surface area (Å²) in [6.07, 6.45) is 0.991. The Balaban J connectivity index is 1.40. The van der Waals surface area contributed by atoms with E-state index in [9.17, 15) is 4.79 Å². The standard InChI is InChI=1S/C24H22N4O2/c1-17(30-22-13-11-19(12-14-22)18-7-4-3-5-8-18)24(29)26-21-10-6-9-20(15-21)23-27-25-16-28(23)2/h3-17H,1-2H3,(H,26,29). The highest BCUT2D eigenvalue weighted by atomic mass is 16.5. The minimum Gasteiger partial charge on any atom is -0.481 e. The van der Waals surface area contributed by atoms with Crippen LogP contribution in [0.15, 0.2) is 85.2 Å². The number of hydrogen-bond acceptors (Lipinski definition) is 4. The zero-order valence-corrected chi connectivity index (χ0v) is 16.8. The summed E-state index contributed by atoms with van der Waals surface area (Å²) < 4.78 is 7.65. The predicted molar refractivity (Wildman–Crippen MR) is 117 cm³/mol. The highest BCUT2D eigenvalue weighted by Gasteiger charge is 2.16. The molecule has 6 heteroatoms. The maximum absolute atomic E-state index is 12.6. The number of ether oxygens (including phenoxy) is 1. The average Bonchev–Trinajstić information content (AvgIpc) is 3.21. The van der Waals surface area contributed by atoms with Gasteiger partial charge in [-0.2, -0.15) is 0 Å². The van der Waals surface area contributed by atoms with Crippen LogP contribution in [-0.2, 0) is 11.8 Å². The Morgan fingerprint density at radius 1 is 0.933 bits per heavy atom. The topological polar surface area (TPSA) is 69.0 Å². The van der Waals surface area contributed by atoms with Crippen LogP contribution < -0.4 is 10.1 Å². The molecule has 1 atom stereocenters. The van der Waals surface area contributed by atoms with Crippen molar-refractivity contribution >= 4 is 11.6 Å². The molecule has 1 aromatic heterocycles. The van der Waals surface area contributed by atoms with Crippen molar-refractivity contribution in [3.8, 4) is 28.3 Å². The van der Waals surface area contributed by atoms with E-state index in [-0.39, 0.29) is 5.91 Å². The number of rotatable bonds is 6. The third-order valence-electron chi connectivity index (χ3n) is 4.74. The first-order valence-corrected chi connectivity index (χ1v) is 9.67. The number of carbonyl (C=O) groups is 1. The largest absolute Gasteiger partial charge is 0.481 e. The Bertz CT molecular complexity index is 1140.